The molecule has 0 aliphatic heterocycles. The van der Waals surface area contributed by atoms with Crippen molar-refractivity contribution in [3.05, 3.63) is 35.3 Å². The number of benzene rings is 1. The molecule has 2 saturated carbocycles. The third kappa shape index (κ3) is 2.35. The quantitative estimate of drug-likeness (QED) is 0.910. The van der Waals surface area contributed by atoms with Crippen molar-refractivity contribution in [1.29, 1.82) is 0 Å². The maximum absolute atomic E-state index is 13.8. The Morgan fingerprint density at radius 3 is 2.83 bits per heavy atom. The minimum atomic E-state index is -0.425. The second-order valence-corrected chi connectivity index (χ2v) is 7.27. The summed E-state index contributed by atoms with van der Waals surface area (Å²) in [5, 5.41) is 3.76. The number of hydrogen-bond donors (Lipinski definition) is 1. The van der Waals surface area contributed by atoms with Crippen molar-refractivity contribution >= 4 is 16.9 Å². The van der Waals surface area contributed by atoms with E-state index in [1.165, 1.54) is 31.7 Å². The lowest BCUT2D eigenvalue weighted by atomic mass is 9.84. The van der Waals surface area contributed by atoms with Gasteiger partial charge in [0.1, 0.15) is 0 Å². The van der Waals surface area contributed by atoms with Crippen molar-refractivity contribution < 1.29 is 13.6 Å². The van der Waals surface area contributed by atoms with Crippen molar-refractivity contribution in [3.63, 3.8) is 0 Å². The topological polar surface area (TPSA) is 42.2 Å². The van der Waals surface area contributed by atoms with Gasteiger partial charge in [-0.25, -0.2) is 4.39 Å². The van der Waals surface area contributed by atoms with Crippen LogP contribution in [0.2, 0.25) is 0 Å². The van der Waals surface area contributed by atoms with E-state index < -0.39 is 5.82 Å². The monoisotopic (exact) mass is 315 g/mol. The number of furan rings is 1. The zero-order valence-electron chi connectivity index (χ0n) is 13.6. The fourth-order valence-corrected chi connectivity index (χ4v) is 4.71. The van der Waals surface area contributed by atoms with Crippen LogP contribution in [0.3, 0.4) is 0 Å². The summed E-state index contributed by atoms with van der Waals surface area (Å²) in [6.45, 7) is 3.89. The van der Waals surface area contributed by atoms with Gasteiger partial charge < -0.3 is 9.73 Å². The molecular formula is C19H22FNO2. The first kappa shape index (κ1) is 14.7. The highest BCUT2D eigenvalue weighted by Gasteiger charge is 2.42. The molecule has 122 valence electrons. The molecule has 2 aromatic rings. The van der Waals surface area contributed by atoms with Crippen LogP contribution in [0.25, 0.3) is 11.0 Å². The van der Waals surface area contributed by atoms with Gasteiger partial charge in [-0.1, -0.05) is 18.6 Å². The van der Waals surface area contributed by atoms with Gasteiger partial charge in [-0.3, -0.25) is 4.79 Å². The van der Waals surface area contributed by atoms with Crippen molar-refractivity contribution in [2.75, 3.05) is 0 Å². The summed E-state index contributed by atoms with van der Waals surface area (Å²) in [4.78, 5) is 12.6. The van der Waals surface area contributed by atoms with E-state index in [1.54, 1.807) is 12.1 Å². The van der Waals surface area contributed by atoms with Crippen molar-refractivity contribution in [1.82, 2.24) is 5.32 Å². The summed E-state index contributed by atoms with van der Waals surface area (Å²) >= 11 is 0. The van der Waals surface area contributed by atoms with E-state index in [0.717, 1.165) is 11.8 Å². The lowest BCUT2D eigenvalue weighted by Crippen LogP contribution is -2.40. The number of carbonyl (C=O) groups excluding carboxylic acids is 1. The van der Waals surface area contributed by atoms with Gasteiger partial charge >= 0.3 is 0 Å². The summed E-state index contributed by atoms with van der Waals surface area (Å²) in [6.07, 6.45) is 5.19. The number of fused-ring (bicyclic) bond motifs is 3. The molecule has 0 radical (unpaired) electrons. The smallest absolute Gasteiger partial charge is 0.287 e. The van der Waals surface area contributed by atoms with Gasteiger partial charge in [0.25, 0.3) is 5.91 Å². The fraction of sp³-hybridized carbons (Fsp3) is 0.526. The lowest BCUT2D eigenvalue weighted by molar-refractivity contribution is 0.0888. The lowest BCUT2D eigenvalue weighted by Gasteiger charge is -2.28. The minimum absolute atomic E-state index is 0.134. The number of carbonyl (C=O) groups is 1. The van der Waals surface area contributed by atoms with Crippen molar-refractivity contribution in [3.8, 4) is 0 Å². The highest BCUT2D eigenvalue weighted by Crippen LogP contribution is 2.49. The van der Waals surface area contributed by atoms with Crippen LogP contribution >= 0.6 is 0 Å². The third-order valence-corrected chi connectivity index (χ3v) is 5.92. The van der Waals surface area contributed by atoms with Gasteiger partial charge in [0.2, 0.25) is 0 Å². The van der Waals surface area contributed by atoms with E-state index in [0.29, 0.717) is 16.9 Å². The molecule has 2 aliphatic rings. The van der Waals surface area contributed by atoms with Crippen LogP contribution in [0.1, 0.15) is 48.7 Å². The number of halogens is 1. The van der Waals surface area contributed by atoms with Crippen LogP contribution in [0.15, 0.2) is 22.6 Å². The molecule has 0 saturated heterocycles. The first-order chi connectivity index (χ1) is 11.0. The van der Waals surface area contributed by atoms with Crippen LogP contribution in [-0.2, 0) is 0 Å². The molecule has 2 bridgehead atoms. The Labute approximate surface area is 135 Å². The Kier molecular flexibility index (Phi) is 3.43. The average Bonchev–Trinajstić information content (AvgIpc) is 3.22. The summed E-state index contributed by atoms with van der Waals surface area (Å²) < 4.78 is 19.4. The highest BCUT2D eigenvalue weighted by molar-refractivity contribution is 5.99. The largest absolute Gasteiger partial charge is 0.448 e. The molecule has 1 aromatic heterocycles. The number of amides is 1. The molecule has 2 aliphatic carbocycles. The highest BCUT2D eigenvalue weighted by atomic mass is 19.1. The molecule has 4 atom stereocenters. The normalized spacial score (nSPS) is 27.5. The predicted molar refractivity (Wildman–Crippen MR) is 86.8 cm³/mol. The molecule has 4 rings (SSSR count). The van der Waals surface area contributed by atoms with E-state index in [2.05, 4.69) is 12.2 Å². The van der Waals surface area contributed by atoms with E-state index >= 15 is 0 Å². The van der Waals surface area contributed by atoms with Crippen LogP contribution in [0.5, 0.6) is 0 Å². The van der Waals surface area contributed by atoms with Gasteiger partial charge in [-0.05, 0) is 56.9 Å². The molecule has 1 N–H and O–H groups in total. The number of para-hydroxylation sites is 1. The summed E-state index contributed by atoms with van der Waals surface area (Å²) in [7, 11) is 0. The van der Waals surface area contributed by atoms with E-state index in [1.807, 2.05) is 6.92 Å². The molecule has 23 heavy (non-hydrogen) atoms. The van der Waals surface area contributed by atoms with Gasteiger partial charge in [-0.2, -0.15) is 0 Å². The summed E-state index contributed by atoms with van der Waals surface area (Å²) in [5.74, 6) is 1.76. The summed E-state index contributed by atoms with van der Waals surface area (Å²) in [5.41, 5.74) is 0.875. The van der Waals surface area contributed by atoms with Crippen LogP contribution in [0.4, 0.5) is 4.39 Å². The van der Waals surface area contributed by atoms with E-state index in [9.17, 15) is 9.18 Å². The van der Waals surface area contributed by atoms with Gasteiger partial charge in [0.05, 0.1) is 0 Å². The SMILES string of the molecule is Cc1c(C(=O)N[C@H](C)[C@@H]2C[C@H]3CC[C@H]2C3)oc2c(F)cccc12. The van der Waals surface area contributed by atoms with Crippen molar-refractivity contribution in [2.45, 2.75) is 45.6 Å². The second-order valence-electron chi connectivity index (χ2n) is 7.27. The van der Waals surface area contributed by atoms with Gasteiger partial charge in [0, 0.05) is 17.0 Å². The van der Waals surface area contributed by atoms with Crippen molar-refractivity contribution in [2.24, 2.45) is 17.8 Å². The zero-order valence-corrected chi connectivity index (χ0v) is 13.6. The Morgan fingerprint density at radius 1 is 1.35 bits per heavy atom. The maximum atomic E-state index is 13.8. The number of nitrogens with one attached hydrogen (secondary N) is 1. The van der Waals surface area contributed by atoms with Crippen LogP contribution in [0, 0.1) is 30.5 Å². The summed E-state index contributed by atoms with van der Waals surface area (Å²) in [6, 6.07) is 4.91. The molecule has 1 aromatic carbocycles. The van der Waals surface area contributed by atoms with Crippen LogP contribution in [-0.4, -0.2) is 11.9 Å². The molecule has 1 heterocycles. The second kappa shape index (κ2) is 5.36. The predicted octanol–water partition coefficient (Wildman–Crippen LogP) is 4.43. The average molecular weight is 315 g/mol. The zero-order chi connectivity index (χ0) is 16.1. The minimum Gasteiger partial charge on any atom is -0.448 e. The third-order valence-electron chi connectivity index (χ3n) is 5.92. The Hall–Kier alpha value is -1.84. The maximum Gasteiger partial charge on any atom is 0.287 e. The molecule has 2 fully saturated rings. The van der Waals surface area contributed by atoms with Crippen LogP contribution < -0.4 is 5.32 Å². The van der Waals surface area contributed by atoms with Gasteiger partial charge in [-0.15, -0.1) is 0 Å². The number of rotatable bonds is 3. The van der Waals surface area contributed by atoms with Gasteiger partial charge in [0.15, 0.2) is 17.2 Å². The molecular weight excluding hydrogens is 293 g/mol. The van der Waals surface area contributed by atoms with E-state index in [4.69, 9.17) is 4.42 Å². The van der Waals surface area contributed by atoms with E-state index in [-0.39, 0.29) is 23.3 Å². The molecule has 1 amide bonds. The Bertz CT molecular complexity index is 766. The molecule has 4 heteroatoms. The fourth-order valence-electron chi connectivity index (χ4n) is 4.71. The first-order valence-corrected chi connectivity index (χ1v) is 8.53. The first-order valence-electron chi connectivity index (χ1n) is 8.53. The molecule has 3 nitrogen and oxygen atoms in total. The molecule has 0 spiro atoms. The standard InChI is InChI=1S/C19H22FNO2/c1-10-14-4-3-5-16(20)18(14)23-17(10)19(22)21-11(2)15-9-12-6-7-13(15)8-12/h3-5,11-13,15H,6-9H2,1-2H3,(H,21,22)/t11-,12+,13+,15+/m1/s1. The number of aryl methyl sites for hydroxylation is 1. The molecule has 0 unspecified atom stereocenters. The Balaban J connectivity index is 1.55. The number of hydrogen-bond acceptors (Lipinski definition) is 2. The Morgan fingerprint density at radius 2 is 2.17 bits per heavy atom.